The van der Waals surface area contributed by atoms with Gasteiger partial charge in [0.1, 0.15) is 6.04 Å². The van der Waals surface area contributed by atoms with Crippen LogP contribution >= 0.6 is 0 Å². The highest BCUT2D eigenvalue weighted by atomic mass is 16.5. The molecule has 2 aromatic heterocycles. The zero-order chi connectivity index (χ0) is 27.9. The summed E-state index contributed by atoms with van der Waals surface area (Å²) in [6, 6.07) is 17.1. The smallest absolute Gasteiger partial charge is 0.338 e. The molecular formula is C32H34N4O4. The predicted molar refractivity (Wildman–Crippen MR) is 154 cm³/mol. The van der Waals surface area contributed by atoms with E-state index in [1.807, 2.05) is 30.5 Å². The van der Waals surface area contributed by atoms with Crippen molar-refractivity contribution in [2.24, 2.45) is 0 Å². The number of aromatic amines is 1. The van der Waals surface area contributed by atoms with E-state index in [0.29, 0.717) is 16.8 Å². The standard InChI is InChI=1S/C32H34N4O4/c1-2-40-32(39)23-9-8-12-26(19-23)36(29(37)20-24-21-34-28-14-7-6-13-27(24)28)30(22-15-17-33-18-16-22)31(38)35-25-10-4-3-5-11-25/h6-9,12-19,21,25,30,34H,2-5,10-11,20H2,1H3,(H,35,38). The summed E-state index contributed by atoms with van der Waals surface area (Å²) in [6.07, 6.45) is 10.3. The van der Waals surface area contributed by atoms with Gasteiger partial charge in [0, 0.05) is 41.2 Å². The Balaban J connectivity index is 1.57. The minimum Gasteiger partial charge on any atom is -0.462 e. The van der Waals surface area contributed by atoms with Crippen LogP contribution in [-0.2, 0) is 20.7 Å². The number of H-pyrrole nitrogens is 1. The summed E-state index contributed by atoms with van der Waals surface area (Å²) >= 11 is 0. The maximum absolute atomic E-state index is 14.3. The zero-order valence-electron chi connectivity index (χ0n) is 22.6. The number of ether oxygens (including phenoxy) is 1. The number of fused-ring (bicyclic) bond motifs is 1. The molecule has 40 heavy (non-hydrogen) atoms. The van der Waals surface area contributed by atoms with Crippen molar-refractivity contribution in [2.75, 3.05) is 11.5 Å². The minimum absolute atomic E-state index is 0.0574. The number of hydrogen-bond acceptors (Lipinski definition) is 5. The Labute approximate surface area is 233 Å². The summed E-state index contributed by atoms with van der Waals surface area (Å²) in [7, 11) is 0. The maximum Gasteiger partial charge on any atom is 0.338 e. The average Bonchev–Trinajstić information content (AvgIpc) is 3.39. The van der Waals surface area contributed by atoms with Crippen LogP contribution in [0.5, 0.6) is 0 Å². The SMILES string of the molecule is CCOC(=O)c1cccc(N(C(=O)Cc2c[nH]c3ccccc23)C(C(=O)NC2CCCCC2)c2ccncc2)c1. The number of hydrogen-bond donors (Lipinski definition) is 2. The molecule has 1 atom stereocenters. The summed E-state index contributed by atoms with van der Waals surface area (Å²) in [4.78, 5) is 49.8. The van der Waals surface area contributed by atoms with E-state index in [1.54, 1.807) is 55.7 Å². The van der Waals surface area contributed by atoms with Crippen LogP contribution in [-0.4, -0.2) is 40.4 Å². The lowest BCUT2D eigenvalue weighted by Crippen LogP contribution is -2.47. The van der Waals surface area contributed by atoms with Gasteiger partial charge in [-0.3, -0.25) is 19.5 Å². The molecule has 5 rings (SSSR count). The fourth-order valence-corrected chi connectivity index (χ4v) is 5.45. The number of pyridine rings is 1. The number of anilines is 1. The van der Waals surface area contributed by atoms with E-state index in [2.05, 4.69) is 15.3 Å². The number of carbonyl (C=O) groups excluding carboxylic acids is 3. The summed E-state index contributed by atoms with van der Waals surface area (Å²) < 4.78 is 5.22. The molecule has 0 radical (unpaired) electrons. The predicted octanol–water partition coefficient (Wildman–Crippen LogP) is 5.51. The van der Waals surface area contributed by atoms with Crippen molar-refractivity contribution in [1.82, 2.24) is 15.3 Å². The van der Waals surface area contributed by atoms with Crippen molar-refractivity contribution in [2.45, 2.75) is 57.5 Å². The topological polar surface area (TPSA) is 104 Å². The Hall–Kier alpha value is -4.46. The van der Waals surface area contributed by atoms with Crippen LogP contribution in [0.1, 0.15) is 66.6 Å². The number of benzene rings is 2. The third kappa shape index (κ3) is 6.06. The number of esters is 1. The van der Waals surface area contributed by atoms with Crippen LogP contribution in [0, 0.1) is 0 Å². The number of rotatable bonds is 9. The van der Waals surface area contributed by atoms with Gasteiger partial charge < -0.3 is 15.0 Å². The first-order chi connectivity index (χ1) is 19.5. The monoisotopic (exact) mass is 538 g/mol. The van der Waals surface area contributed by atoms with Crippen LogP contribution in [0.3, 0.4) is 0 Å². The third-order valence-electron chi connectivity index (χ3n) is 7.40. The second kappa shape index (κ2) is 12.6. The summed E-state index contributed by atoms with van der Waals surface area (Å²) in [5.41, 5.74) is 3.15. The molecule has 1 unspecified atom stereocenters. The molecule has 8 heteroatoms. The van der Waals surface area contributed by atoms with Crippen molar-refractivity contribution in [3.63, 3.8) is 0 Å². The van der Waals surface area contributed by atoms with E-state index in [4.69, 9.17) is 4.74 Å². The molecule has 1 saturated carbocycles. The Morgan fingerprint density at radius 3 is 2.58 bits per heavy atom. The number of aromatic nitrogens is 2. The Morgan fingerprint density at radius 2 is 1.80 bits per heavy atom. The minimum atomic E-state index is -0.958. The summed E-state index contributed by atoms with van der Waals surface area (Å²) in [6.45, 7) is 1.98. The van der Waals surface area contributed by atoms with Gasteiger partial charge in [-0.1, -0.05) is 43.5 Å². The van der Waals surface area contributed by atoms with Gasteiger partial charge in [0.05, 0.1) is 18.6 Å². The van der Waals surface area contributed by atoms with Crippen molar-refractivity contribution < 1.29 is 19.1 Å². The molecule has 2 heterocycles. The second-order valence-corrected chi connectivity index (χ2v) is 10.1. The highest BCUT2D eigenvalue weighted by Gasteiger charge is 2.34. The molecule has 2 N–H and O–H groups in total. The van der Waals surface area contributed by atoms with E-state index >= 15 is 0 Å². The van der Waals surface area contributed by atoms with Gasteiger partial charge >= 0.3 is 5.97 Å². The van der Waals surface area contributed by atoms with Crippen molar-refractivity contribution >= 4 is 34.4 Å². The van der Waals surface area contributed by atoms with Crippen LogP contribution in [0.25, 0.3) is 10.9 Å². The first kappa shape index (κ1) is 27.1. The van der Waals surface area contributed by atoms with Crippen LogP contribution < -0.4 is 10.2 Å². The molecule has 1 aliphatic carbocycles. The van der Waals surface area contributed by atoms with Gasteiger partial charge in [0.2, 0.25) is 11.8 Å². The second-order valence-electron chi connectivity index (χ2n) is 10.1. The Morgan fingerprint density at radius 1 is 1.02 bits per heavy atom. The van der Waals surface area contributed by atoms with E-state index in [0.717, 1.165) is 48.6 Å². The lowest BCUT2D eigenvalue weighted by molar-refractivity contribution is -0.127. The number of para-hydroxylation sites is 1. The highest BCUT2D eigenvalue weighted by Crippen LogP contribution is 2.31. The van der Waals surface area contributed by atoms with Gasteiger partial charge in [-0.15, -0.1) is 0 Å². The summed E-state index contributed by atoms with van der Waals surface area (Å²) in [5, 5.41) is 4.17. The lowest BCUT2D eigenvalue weighted by Gasteiger charge is -2.33. The molecular weight excluding hydrogens is 504 g/mol. The highest BCUT2D eigenvalue weighted by molar-refractivity contribution is 6.04. The lowest BCUT2D eigenvalue weighted by atomic mass is 9.94. The maximum atomic E-state index is 14.3. The normalized spacial score (nSPS) is 14.4. The molecule has 2 amide bonds. The van der Waals surface area contributed by atoms with E-state index < -0.39 is 12.0 Å². The average molecular weight is 539 g/mol. The fourth-order valence-electron chi connectivity index (χ4n) is 5.45. The molecule has 1 aliphatic rings. The molecule has 206 valence electrons. The number of nitrogens with one attached hydrogen (secondary N) is 2. The molecule has 0 bridgehead atoms. The zero-order valence-corrected chi connectivity index (χ0v) is 22.6. The Kier molecular flexibility index (Phi) is 8.54. The molecule has 8 nitrogen and oxygen atoms in total. The molecule has 0 aliphatic heterocycles. The quantitative estimate of drug-likeness (QED) is 0.274. The van der Waals surface area contributed by atoms with Gasteiger partial charge in [-0.25, -0.2) is 4.79 Å². The Bertz CT molecular complexity index is 1480. The number of nitrogens with zero attached hydrogens (tertiary/aromatic N) is 2. The van der Waals surface area contributed by atoms with Crippen LogP contribution in [0.4, 0.5) is 5.69 Å². The van der Waals surface area contributed by atoms with Gasteiger partial charge in [-0.2, -0.15) is 0 Å². The fraction of sp³-hybridized carbons (Fsp3) is 0.312. The van der Waals surface area contributed by atoms with Crippen LogP contribution in [0.15, 0.2) is 79.3 Å². The number of amides is 2. The summed E-state index contributed by atoms with van der Waals surface area (Å²) in [5.74, 6) is -1.02. The van der Waals surface area contributed by atoms with E-state index in [9.17, 15) is 14.4 Å². The van der Waals surface area contributed by atoms with E-state index in [1.165, 1.54) is 4.90 Å². The number of carbonyl (C=O) groups is 3. The third-order valence-corrected chi connectivity index (χ3v) is 7.40. The van der Waals surface area contributed by atoms with Gasteiger partial charge in [0.25, 0.3) is 0 Å². The molecule has 2 aromatic carbocycles. The van der Waals surface area contributed by atoms with Gasteiger partial charge in [0.15, 0.2) is 0 Å². The molecule has 0 spiro atoms. The van der Waals surface area contributed by atoms with Gasteiger partial charge in [-0.05, 0) is 67.3 Å². The van der Waals surface area contributed by atoms with Crippen molar-refractivity contribution in [3.05, 3.63) is 95.9 Å². The largest absolute Gasteiger partial charge is 0.462 e. The van der Waals surface area contributed by atoms with Crippen molar-refractivity contribution in [3.8, 4) is 0 Å². The first-order valence-corrected chi connectivity index (χ1v) is 13.9. The van der Waals surface area contributed by atoms with E-state index in [-0.39, 0.29) is 30.9 Å². The molecule has 4 aromatic rings. The van der Waals surface area contributed by atoms with Crippen molar-refractivity contribution in [1.29, 1.82) is 0 Å². The molecule has 1 fully saturated rings. The first-order valence-electron chi connectivity index (χ1n) is 13.9. The molecule has 0 saturated heterocycles. The van der Waals surface area contributed by atoms with Crippen LogP contribution in [0.2, 0.25) is 0 Å².